The lowest BCUT2D eigenvalue weighted by molar-refractivity contribution is -0.121. The summed E-state index contributed by atoms with van der Waals surface area (Å²) in [5.74, 6) is 0.822. The number of carbonyl (C=O) groups is 1. The van der Waals surface area contributed by atoms with E-state index >= 15 is 0 Å². The summed E-state index contributed by atoms with van der Waals surface area (Å²) in [7, 11) is -1.87. The zero-order valence-corrected chi connectivity index (χ0v) is 14.2. The first-order chi connectivity index (χ1) is 10.2. The molecule has 0 heterocycles. The predicted molar refractivity (Wildman–Crippen MR) is 86.2 cm³/mol. The Kier molecular flexibility index (Phi) is 6.83. The van der Waals surface area contributed by atoms with Crippen molar-refractivity contribution in [2.75, 3.05) is 19.9 Å². The minimum Gasteiger partial charge on any atom is -0.497 e. The van der Waals surface area contributed by atoms with Crippen LogP contribution in [0.25, 0.3) is 0 Å². The third kappa shape index (κ3) is 6.91. The van der Waals surface area contributed by atoms with E-state index in [4.69, 9.17) is 4.74 Å². The summed E-state index contributed by atoms with van der Waals surface area (Å²) < 4.78 is 30.6. The monoisotopic (exact) mass is 328 g/mol. The zero-order valence-electron chi connectivity index (χ0n) is 13.4. The first-order valence-electron chi connectivity index (χ1n) is 7.09. The maximum atomic E-state index is 12.0. The van der Waals surface area contributed by atoms with Crippen molar-refractivity contribution < 1.29 is 17.9 Å². The molecule has 1 atom stereocenters. The van der Waals surface area contributed by atoms with Gasteiger partial charge < -0.3 is 10.1 Å². The van der Waals surface area contributed by atoms with Crippen molar-refractivity contribution in [1.82, 2.24) is 10.0 Å². The maximum absolute atomic E-state index is 12.0. The molecule has 7 heteroatoms. The van der Waals surface area contributed by atoms with E-state index in [-0.39, 0.29) is 12.3 Å². The average molecular weight is 328 g/mol. The largest absolute Gasteiger partial charge is 0.497 e. The molecule has 0 radical (unpaired) electrons. The van der Waals surface area contributed by atoms with Gasteiger partial charge in [-0.05, 0) is 23.6 Å². The van der Waals surface area contributed by atoms with Gasteiger partial charge in [0, 0.05) is 13.0 Å². The van der Waals surface area contributed by atoms with Crippen LogP contribution in [0.1, 0.15) is 31.9 Å². The Labute approximate surface area is 132 Å². The van der Waals surface area contributed by atoms with E-state index in [0.717, 1.165) is 6.26 Å². The molecule has 1 amide bonds. The number of benzene rings is 1. The number of carbonyl (C=O) groups excluding carboxylic acids is 1. The van der Waals surface area contributed by atoms with Gasteiger partial charge in [0.1, 0.15) is 5.75 Å². The van der Waals surface area contributed by atoms with Crippen LogP contribution in [0.5, 0.6) is 5.75 Å². The van der Waals surface area contributed by atoms with Crippen molar-refractivity contribution in [3.05, 3.63) is 29.8 Å². The van der Waals surface area contributed by atoms with Gasteiger partial charge in [-0.2, -0.15) is 0 Å². The molecule has 0 aliphatic heterocycles. The van der Waals surface area contributed by atoms with Gasteiger partial charge in [0.15, 0.2) is 0 Å². The first kappa shape index (κ1) is 18.4. The minimum atomic E-state index is -3.43. The maximum Gasteiger partial charge on any atom is 0.221 e. The molecule has 0 fully saturated rings. The van der Waals surface area contributed by atoms with Crippen LogP contribution in [0.3, 0.4) is 0 Å². The molecule has 0 aromatic heterocycles. The van der Waals surface area contributed by atoms with E-state index in [2.05, 4.69) is 10.0 Å². The highest BCUT2D eigenvalue weighted by Gasteiger charge is 2.19. The second-order valence-corrected chi connectivity index (χ2v) is 7.40. The fraction of sp³-hybridized carbons (Fsp3) is 0.533. The van der Waals surface area contributed by atoms with Crippen LogP contribution in [0.2, 0.25) is 0 Å². The third-order valence-corrected chi connectivity index (χ3v) is 3.68. The molecule has 6 nitrogen and oxygen atoms in total. The number of ether oxygens (including phenoxy) is 1. The molecule has 1 aromatic rings. The lowest BCUT2D eigenvalue weighted by atomic mass is 10.0. The van der Waals surface area contributed by atoms with Gasteiger partial charge in [-0.3, -0.25) is 4.79 Å². The Morgan fingerprint density at radius 2 is 1.82 bits per heavy atom. The van der Waals surface area contributed by atoms with Crippen molar-refractivity contribution >= 4 is 15.9 Å². The summed E-state index contributed by atoms with van der Waals surface area (Å²) in [5.41, 5.74) is 0.714. The molecule has 1 unspecified atom stereocenters. The topological polar surface area (TPSA) is 84.5 Å². The van der Waals surface area contributed by atoms with Crippen molar-refractivity contribution in [2.24, 2.45) is 5.92 Å². The van der Waals surface area contributed by atoms with E-state index in [1.807, 2.05) is 13.8 Å². The number of methoxy groups -OCH3 is 1. The van der Waals surface area contributed by atoms with Crippen molar-refractivity contribution in [3.63, 3.8) is 0 Å². The summed E-state index contributed by atoms with van der Waals surface area (Å²) in [6.45, 7) is 4.55. The number of nitrogens with one attached hydrogen (secondary N) is 2. The molecule has 0 saturated heterocycles. The molecule has 0 bridgehead atoms. The Morgan fingerprint density at radius 1 is 1.23 bits per heavy atom. The van der Waals surface area contributed by atoms with Crippen LogP contribution < -0.4 is 14.8 Å². The lowest BCUT2D eigenvalue weighted by Gasteiger charge is -2.18. The summed E-state index contributed by atoms with van der Waals surface area (Å²) in [4.78, 5) is 12.0. The Bertz CT molecular complexity index is 582. The van der Waals surface area contributed by atoms with Gasteiger partial charge >= 0.3 is 0 Å². The van der Waals surface area contributed by atoms with Crippen LogP contribution in [-0.4, -0.2) is 34.2 Å². The van der Waals surface area contributed by atoms with E-state index < -0.39 is 16.1 Å². The number of rotatable bonds is 8. The SMILES string of the molecule is COc1ccc(C(CC(=O)NCC(C)C)NS(C)(=O)=O)cc1. The second kappa shape index (κ2) is 8.14. The number of hydrogen-bond acceptors (Lipinski definition) is 4. The Morgan fingerprint density at radius 3 is 2.27 bits per heavy atom. The zero-order chi connectivity index (χ0) is 16.8. The highest BCUT2D eigenvalue weighted by molar-refractivity contribution is 7.88. The fourth-order valence-electron chi connectivity index (χ4n) is 1.90. The summed E-state index contributed by atoms with van der Waals surface area (Å²) >= 11 is 0. The Hall–Kier alpha value is -1.60. The van der Waals surface area contributed by atoms with Crippen molar-refractivity contribution in [3.8, 4) is 5.75 Å². The van der Waals surface area contributed by atoms with Gasteiger partial charge in [-0.15, -0.1) is 0 Å². The standard InChI is InChI=1S/C15H24N2O4S/c1-11(2)10-16-15(18)9-14(17-22(4,19)20)12-5-7-13(21-3)8-6-12/h5-8,11,14,17H,9-10H2,1-4H3,(H,16,18). The molecular weight excluding hydrogens is 304 g/mol. The van der Waals surface area contributed by atoms with Gasteiger partial charge in [0.05, 0.1) is 19.4 Å². The summed E-state index contributed by atoms with van der Waals surface area (Å²) in [5, 5.41) is 2.79. The van der Waals surface area contributed by atoms with Gasteiger partial charge in [0.25, 0.3) is 0 Å². The molecule has 0 aliphatic carbocycles. The minimum absolute atomic E-state index is 0.0477. The first-order valence-corrected chi connectivity index (χ1v) is 8.98. The van der Waals surface area contributed by atoms with E-state index in [0.29, 0.717) is 23.8 Å². The van der Waals surface area contributed by atoms with Gasteiger partial charge in [-0.25, -0.2) is 13.1 Å². The molecule has 2 N–H and O–H groups in total. The van der Waals surface area contributed by atoms with Crippen LogP contribution in [0, 0.1) is 5.92 Å². The van der Waals surface area contributed by atoms with Crippen molar-refractivity contribution in [2.45, 2.75) is 26.3 Å². The second-order valence-electron chi connectivity index (χ2n) is 5.62. The molecule has 0 aliphatic rings. The van der Waals surface area contributed by atoms with E-state index in [1.54, 1.807) is 31.4 Å². The smallest absolute Gasteiger partial charge is 0.221 e. The predicted octanol–water partition coefficient (Wildman–Crippen LogP) is 1.45. The quantitative estimate of drug-likeness (QED) is 0.756. The molecular formula is C15H24N2O4S. The molecule has 1 aromatic carbocycles. The van der Waals surface area contributed by atoms with Crippen LogP contribution in [0.15, 0.2) is 24.3 Å². The Balaban J connectivity index is 2.85. The van der Waals surface area contributed by atoms with Gasteiger partial charge in [-0.1, -0.05) is 26.0 Å². The van der Waals surface area contributed by atoms with Crippen LogP contribution in [-0.2, 0) is 14.8 Å². The molecule has 1 rings (SSSR count). The van der Waals surface area contributed by atoms with E-state index in [1.165, 1.54) is 0 Å². The average Bonchev–Trinajstić information content (AvgIpc) is 2.43. The van der Waals surface area contributed by atoms with E-state index in [9.17, 15) is 13.2 Å². The molecule has 22 heavy (non-hydrogen) atoms. The number of sulfonamides is 1. The fourth-order valence-corrected chi connectivity index (χ4v) is 2.63. The normalized spacial score (nSPS) is 13.0. The molecule has 0 spiro atoms. The molecule has 0 saturated carbocycles. The van der Waals surface area contributed by atoms with Crippen LogP contribution >= 0.6 is 0 Å². The third-order valence-electron chi connectivity index (χ3n) is 2.97. The van der Waals surface area contributed by atoms with Crippen molar-refractivity contribution in [1.29, 1.82) is 0 Å². The summed E-state index contributed by atoms with van der Waals surface area (Å²) in [6, 6.07) is 6.36. The highest BCUT2D eigenvalue weighted by Crippen LogP contribution is 2.21. The number of amides is 1. The lowest BCUT2D eigenvalue weighted by Crippen LogP contribution is -2.34. The molecule has 124 valence electrons. The highest BCUT2D eigenvalue weighted by atomic mass is 32.2. The van der Waals surface area contributed by atoms with Gasteiger partial charge in [0.2, 0.25) is 15.9 Å². The van der Waals surface area contributed by atoms with Crippen LogP contribution in [0.4, 0.5) is 0 Å². The summed E-state index contributed by atoms with van der Waals surface area (Å²) in [6.07, 6.45) is 1.13. The number of hydrogen-bond donors (Lipinski definition) is 2.